The zero-order valence-electron chi connectivity index (χ0n) is 15.2. The van der Waals surface area contributed by atoms with Crippen LogP contribution in [0.5, 0.6) is 0 Å². The van der Waals surface area contributed by atoms with Crippen molar-refractivity contribution in [3.05, 3.63) is 108 Å². The van der Waals surface area contributed by atoms with Crippen LogP contribution in [0.15, 0.2) is 79.5 Å². The van der Waals surface area contributed by atoms with Crippen LogP contribution in [-0.2, 0) is 19.6 Å². The zero-order chi connectivity index (χ0) is 19.1. The van der Waals surface area contributed by atoms with Gasteiger partial charge in [0.15, 0.2) is 0 Å². The molecule has 0 spiro atoms. The molecular weight excluding hydrogens is 337 g/mol. The number of rotatable bonds is 8. The van der Waals surface area contributed by atoms with Crippen LogP contribution in [-0.4, -0.2) is 11.1 Å². The van der Waals surface area contributed by atoms with E-state index in [9.17, 15) is 9.65 Å². The van der Waals surface area contributed by atoms with Gasteiger partial charge in [0, 0.05) is 17.3 Å². The van der Waals surface area contributed by atoms with Gasteiger partial charge >= 0.3 is 0 Å². The lowest BCUT2D eigenvalue weighted by molar-refractivity contribution is -0.922. The molecule has 0 aliphatic carbocycles. The molecule has 0 saturated heterocycles. The molecule has 1 N–H and O–H groups in total. The molecular formula is C23H23FN3+. The molecule has 0 radical (unpaired) electrons. The van der Waals surface area contributed by atoms with E-state index in [1.807, 2.05) is 54.7 Å². The van der Waals surface area contributed by atoms with E-state index in [0.717, 1.165) is 30.9 Å². The third-order valence-corrected chi connectivity index (χ3v) is 4.66. The lowest BCUT2D eigenvalue weighted by atomic mass is 10.1. The zero-order valence-corrected chi connectivity index (χ0v) is 15.2. The Kier molecular flexibility index (Phi) is 6.19. The Morgan fingerprint density at radius 2 is 1.74 bits per heavy atom. The summed E-state index contributed by atoms with van der Waals surface area (Å²) in [7, 11) is 0. The van der Waals surface area contributed by atoms with Gasteiger partial charge in [0.2, 0.25) is 0 Å². The van der Waals surface area contributed by atoms with Crippen LogP contribution < -0.4 is 4.90 Å². The second kappa shape index (κ2) is 8.98. The van der Waals surface area contributed by atoms with Crippen molar-refractivity contribution in [1.29, 1.82) is 5.26 Å². The molecule has 3 rings (SSSR count). The number of aromatic nitrogens is 1. The lowest BCUT2D eigenvalue weighted by Crippen LogP contribution is -3.09. The first kappa shape index (κ1) is 18.6. The monoisotopic (exact) mass is 360 g/mol. The molecule has 1 heterocycles. The second-order valence-corrected chi connectivity index (χ2v) is 6.58. The highest BCUT2D eigenvalue weighted by Crippen LogP contribution is 2.11. The first-order valence-electron chi connectivity index (χ1n) is 9.01. The molecule has 136 valence electrons. The summed E-state index contributed by atoms with van der Waals surface area (Å²) in [4.78, 5) is 1.28. The topological polar surface area (TPSA) is 33.2 Å². The Morgan fingerprint density at radius 3 is 2.48 bits per heavy atom. The van der Waals surface area contributed by atoms with Crippen LogP contribution in [0.1, 0.15) is 22.4 Å². The van der Waals surface area contributed by atoms with Crippen molar-refractivity contribution >= 4 is 0 Å². The van der Waals surface area contributed by atoms with Crippen molar-refractivity contribution in [3.63, 3.8) is 0 Å². The van der Waals surface area contributed by atoms with Gasteiger partial charge in [-0.1, -0.05) is 43.0 Å². The molecule has 1 unspecified atom stereocenters. The van der Waals surface area contributed by atoms with E-state index in [1.54, 1.807) is 6.07 Å². The van der Waals surface area contributed by atoms with Crippen LogP contribution in [0.3, 0.4) is 0 Å². The Hall–Kier alpha value is -3.16. The van der Waals surface area contributed by atoms with Crippen molar-refractivity contribution < 1.29 is 9.29 Å². The number of quaternary nitrogens is 1. The highest BCUT2D eigenvalue weighted by Gasteiger charge is 2.15. The van der Waals surface area contributed by atoms with E-state index >= 15 is 0 Å². The molecule has 0 amide bonds. The van der Waals surface area contributed by atoms with E-state index in [2.05, 4.69) is 23.3 Å². The number of nitrogens with zero attached hydrogens (tertiary/aromatic N) is 2. The summed E-state index contributed by atoms with van der Waals surface area (Å²) in [5.41, 5.74) is 3.55. The summed E-state index contributed by atoms with van der Waals surface area (Å²) in [5, 5.41) is 9.33. The molecule has 0 bridgehead atoms. The van der Waals surface area contributed by atoms with Gasteiger partial charge in [-0.25, -0.2) is 4.39 Å². The van der Waals surface area contributed by atoms with Gasteiger partial charge in [-0.15, -0.1) is 0 Å². The number of nitrogens with one attached hydrogen (secondary N) is 1. The Balaban J connectivity index is 1.78. The molecule has 2 aromatic carbocycles. The normalized spacial score (nSPS) is 11.7. The number of nitriles is 1. The average Bonchev–Trinajstić information content (AvgIpc) is 3.11. The number of benzene rings is 2. The third kappa shape index (κ3) is 4.72. The van der Waals surface area contributed by atoms with Gasteiger partial charge in [-0.05, 0) is 30.3 Å². The Morgan fingerprint density at radius 1 is 1.00 bits per heavy atom. The summed E-state index contributed by atoms with van der Waals surface area (Å²) in [5.74, 6) is -0.185. The summed E-state index contributed by atoms with van der Waals surface area (Å²) >= 11 is 0. The number of halogens is 1. The van der Waals surface area contributed by atoms with Crippen LogP contribution in [0.25, 0.3) is 0 Å². The lowest BCUT2D eigenvalue weighted by Gasteiger charge is -2.20. The van der Waals surface area contributed by atoms with E-state index in [0.29, 0.717) is 17.7 Å². The standard InChI is InChI=1S/C23H22FN3/c1-2-13-26(16-20-9-4-3-8-19(20)15-25)18-22-11-7-14-27(22)17-21-10-5-6-12-23(21)24/h2-12,14H,1,13,16-18H2/p+1. The van der Waals surface area contributed by atoms with Crippen LogP contribution in [0.4, 0.5) is 4.39 Å². The van der Waals surface area contributed by atoms with Gasteiger partial charge in [-0.2, -0.15) is 5.26 Å². The molecule has 0 fully saturated rings. The predicted molar refractivity (Wildman–Crippen MR) is 105 cm³/mol. The highest BCUT2D eigenvalue weighted by molar-refractivity contribution is 5.36. The maximum absolute atomic E-state index is 14.0. The number of hydrogen-bond donors (Lipinski definition) is 1. The van der Waals surface area contributed by atoms with Crippen molar-refractivity contribution in [3.8, 4) is 6.07 Å². The molecule has 0 saturated carbocycles. The van der Waals surface area contributed by atoms with Crippen LogP contribution >= 0.6 is 0 Å². The molecule has 3 aromatic rings. The largest absolute Gasteiger partial charge is 0.342 e. The molecule has 1 aromatic heterocycles. The van der Waals surface area contributed by atoms with E-state index < -0.39 is 0 Å². The molecule has 1 atom stereocenters. The minimum absolute atomic E-state index is 0.185. The van der Waals surface area contributed by atoms with Crippen LogP contribution in [0.2, 0.25) is 0 Å². The first-order valence-corrected chi connectivity index (χ1v) is 9.01. The maximum atomic E-state index is 14.0. The highest BCUT2D eigenvalue weighted by atomic mass is 19.1. The summed E-state index contributed by atoms with van der Waals surface area (Å²) < 4.78 is 16.1. The van der Waals surface area contributed by atoms with Gasteiger partial charge in [0.05, 0.1) is 30.4 Å². The molecule has 0 aliphatic heterocycles. The minimum atomic E-state index is -0.185. The van der Waals surface area contributed by atoms with Gasteiger partial charge in [0.1, 0.15) is 18.9 Å². The van der Waals surface area contributed by atoms with E-state index in [4.69, 9.17) is 0 Å². The average molecular weight is 360 g/mol. The first-order chi connectivity index (χ1) is 13.2. The minimum Gasteiger partial charge on any atom is -0.342 e. The van der Waals surface area contributed by atoms with Crippen molar-refractivity contribution in [2.75, 3.05) is 6.54 Å². The summed E-state index contributed by atoms with van der Waals surface area (Å²) in [6.07, 6.45) is 3.88. The van der Waals surface area contributed by atoms with Crippen molar-refractivity contribution in [2.45, 2.75) is 19.6 Å². The second-order valence-electron chi connectivity index (χ2n) is 6.58. The van der Waals surface area contributed by atoms with Gasteiger partial charge in [0.25, 0.3) is 0 Å². The van der Waals surface area contributed by atoms with Crippen molar-refractivity contribution in [2.24, 2.45) is 0 Å². The fourth-order valence-corrected chi connectivity index (χ4v) is 3.29. The van der Waals surface area contributed by atoms with Gasteiger partial charge < -0.3 is 9.47 Å². The molecule has 27 heavy (non-hydrogen) atoms. The molecule has 3 nitrogen and oxygen atoms in total. The SMILES string of the molecule is C=CC[NH+](Cc1ccccc1C#N)Cc1cccn1Cc1ccccc1F. The van der Waals surface area contributed by atoms with E-state index in [1.165, 1.54) is 11.0 Å². The fraction of sp³-hybridized carbons (Fsp3) is 0.174. The smallest absolute Gasteiger partial charge is 0.128 e. The molecule has 4 heteroatoms. The van der Waals surface area contributed by atoms with E-state index in [-0.39, 0.29) is 5.82 Å². The summed E-state index contributed by atoms with van der Waals surface area (Å²) in [6.45, 7) is 6.67. The third-order valence-electron chi connectivity index (χ3n) is 4.66. The quantitative estimate of drug-likeness (QED) is 0.614. The molecule has 0 aliphatic rings. The maximum Gasteiger partial charge on any atom is 0.128 e. The Bertz CT molecular complexity index is 952. The van der Waals surface area contributed by atoms with Crippen LogP contribution in [0, 0.1) is 17.1 Å². The Labute approximate surface area is 159 Å². The fourth-order valence-electron chi connectivity index (χ4n) is 3.29. The predicted octanol–water partition coefficient (Wildman–Crippen LogP) is 3.32. The number of hydrogen-bond acceptors (Lipinski definition) is 1. The van der Waals surface area contributed by atoms with Crippen molar-refractivity contribution in [1.82, 2.24) is 4.57 Å². The van der Waals surface area contributed by atoms with Gasteiger partial charge in [-0.3, -0.25) is 0 Å². The summed E-state index contributed by atoms with van der Waals surface area (Å²) in [6, 6.07) is 20.9.